The summed E-state index contributed by atoms with van der Waals surface area (Å²) in [5.74, 6) is -0.694. The molecule has 11 heteroatoms. The fraction of sp³-hybridized carbons (Fsp3) is 0.308. The lowest BCUT2D eigenvalue weighted by Crippen LogP contribution is -2.53. The van der Waals surface area contributed by atoms with Crippen LogP contribution in [-0.2, 0) is 0 Å². The summed E-state index contributed by atoms with van der Waals surface area (Å²) in [5, 5.41) is 18.6. The number of nitrogens with two attached hydrogens (primary N) is 1. The van der Waals surface area contributed by atoms with Crippen LogP contribution in [0.4, 0.5) is 11.4 Å². The zero-order chi connectivity index (χ0) is 26.4. The van der Waals surface area contributed by atoms with Crippen molar-refractivity contribution >= 4 is 34.0 Å². The molecule has 1 fully saturated rings. The van der Waals surface area contributed by atoms with Gasteiger partial charge >= 0.3 is 0 Å². The first-order valence-electron chi connectivity index (χ1n) is 12.0. The number of hydrazine groups is 1. The molecule has 0 unspecified atom stereocenters. The summed E-state index contributed by atoms with van der Waals surface area (Å²) < 4.78 is 5.25. The molecule has 11 nitrogen and oxygen atoms in total. The molecule has 3 aromatic rings. The number of benzene rings is 3. The molecule has 37 heavy (non-hydrogen) atoms. The SMILES string of the molecule is COc1cc(C(N)=O)cc([N+](=O)[O-])c1NCCCN1CCN(NC(=O)c2ccc3ccccc3c2)CC1. The minimum Gasteiger partial charge on any atom is -0.494 e. The van der Waals surface area contributed by atoms with Crippen LogP contribution in [0.2, 0.25) is 0 Å². The Bertz CT molecular complexity index is 1310. The van der Waals surface area contributed by atoms with Crippen molar-refractivity contribution in [3.8, 4) is 5.75 Å². The predicted molar refractivity (Wildman–Crippen MR) is 141 cm³/mol. The zero-order valence-corrected chi connectivity index (χ0v) is 20.6. The molecule has 1 saturated heterocycles. The van der Waals surface area contributed by atoms with E-state index in [0.717, 1.165) is 42.9 Å². The van der Waals surface area contributed by atoms with E-state index in [4.69, 9.17) is 10.5 Å². The molecule has 0 aliphatic carbocycles. The number of nitrogens with one attached hydrogen (secondary N) is 2. The van der Waals surface area contributed by atoms with E-state index in [1.165, 1.54) is 13.2 Å². The average Bonchev–Trinajstić information content (AvgIpc) is 2.91. The van der Waals surface area contributed by atoms with Gasteiger partial charge < -0.3 is 20.7 Å². The molecule has 3 aromatic carbocycles. The number of anilines is 1. The van der Waals surface area contributed by atoms with E-state index >= 15 is 0 Å². The van der Waals surface area contributed by atoms with Crippen molar-refractivity contribution in [2.45, 2.75) is 6.42 Å². The largest absolute Gasteiger partial charge is 0.494 e. The quantitative estimate of drug-likeness (QED) is 0.216. The van der Waals surface area contributed by atoms with E-state index in [2.05, 4.69) is 15.6 Å². The second-order valence-corrected chi connectivity index (χ2v) is 8.81. The van der Waals surface area contributed by atoms with E-state index < -0.39 is 10.8 Å². The first-order valence-corrected chi connectivity index (χ1v) is 12.0. The highest BCUT2D eigenvalue weighted by molar-refractivity contribution is 5.98. The Hall–Kier alpha value is -4.22. The molecule has 0 saturated carbocycles. The van der Waals surface area contributed by atoms with Gasteiger partial charge in [0.15, 0.2) is 5.69 Å². The standard InChI is InChI=1S/C26H30N6O5/c1-37-23-17-21(25(27)33)16-22(32(35)36)24(23)28-9-4-10-30-11-13-31(14-12-30)29-26(34)20-8-7-18-5-2-3-6-19(18)15-20/h2-3,5-8,15-17,28H,4,9-14H2,1H3,(H2,27,33)(H,29,34). The van der Waals surface area contributed by atoms with Crippen LogP contribution in [0.15, 0.2) is 54.6 Å². The second-order valence-electron chi connectivity index (χ2n) is 8.81. The van der Waals surface area contributed by atoms with Crippen LogP contribution in [0.25, 0.3) is 10.8 Å². The van der Waals surface area contributed by atoms with E-state index in [1.54, 1.807) is 0 Å². The third-order valence-electron chi connectivity index (χ3n) is 6.38. The van der Waals surface area contributed by atoms with E-state index in [-0.39, 0.29) is 28.6 Å². The number of hydrogen-bond acceptors (Lipinski definition) is 8. The zero-order valence-electron chi connectivity index (χ0n) is 20.6. The van der Waals surface area contributed by atoms with Crippen LogP contribution in [0.3, 0.4) is 0 Å². The van der Waals surface area contributed by atoms with Gasteiger partial charge in [-0.2, -0.15) is 0 Å². The van der Waals surface area contributed by atoms with Gasteiger partial charge in [0.2, 0.25) is 5.91 Å². The van der Waals surface area contributed by atoms with Gasteiger partial charge in [0.05, 0.1) is 12.0 Å². The van der Waals surface area contributed by atoms with Crippen molar-refractivity contribution in [2.24, 2.45) is 5.73 Å². The molecule has 4 N–H and O–H groups in total. The summed E-state index contributed by atoms with van der Waals surface area (Å²) in [6.45, 7) is 4.23. The molecule has 0 bridgehead atoms. The fourth-order valence-corrected chi connectivity index (χ4v) is 4.36. The van der Waals surface area contributed by atoms with Crippen LogP contribution in [-0.4, -0.2) is 73.0 Å². The maximum Gasteiger partial charge on any atom is 0.296 e. The van der Waals surface area contributed by atoms with Crippen LogP contribution in [0.1, 0.15) is 27.1 Å². The van der Waals surface area contributed by atoms with Crippen molar-refractivity contribution in [1.29, 1.82) is 0 Å². The molecule has 1 aliphatic rings. The number of ether oxygens (including phenoxy) is 1. The number of hydrogen-bond donors (Lipinski definition) is 3. The third-order valence-corrected chi connectivity index (χ3v) is 6.38. The summed E-state index contributed by atoms with van der Waals surface area (Å²) >= 11 is 0. The van der Waals surface area contributed by atoms with Gasteiger partial charge in [0.1, 0.15) is 5.75 Å². The molecule has 2 amide bonds. The van der Waals surface area contributed by atoms with Crippen molar-refractivity contribution in [3.63, 3.8) is 0 Å². The van der Waals surface area contributed by atoms with Crippen LogP contribution >= 0.6 is 0 Å². The van der Waals surface area contributed by atoms with Crippen LogP contribution < -0.4 is 21.2 Å². The number of amides is 2. The van der Waals surface area contributed by atoms with Gasteiger partial charge in [0, 0.05) is 49.9 Å². The fourth-order valence-electron chi connectivity index (χ4n) is 4.36. The minimum absolute atomic E-state index is 0.0136. The average molecular weight is 507 g/mol. The van der Waals surface area contributed by atoms with Gasteiger partial charge in [-0.1, -0.05) is 30.3 Å². The lowest BCUT2D eigenvalue weighted by atomic mass is 10.1. The van der Waals surface area contributed by atoms with Gasteiger partial charge in [0.25, 0.3) is 11.6 Å². The maximum absolute atomic E-state index is 12.7. The number of carbonyl (C=O) groups excluding carboxylic acids is 2. The molecular formula is C26H30N6O5. The Morgan fingerprint density at radius 2 is 1.76 bits per heavy atom. The molecular weight excluding hydrogens is 476 g/mol. The number of rotatable bonds is 10. The van der Waals surface area contributed by atoms with Crippen molar-refractivity contribution in [2.75, 3.05) is 51.7 Å². The Labute approximate surface area is 214 Å². The Morgan fingerprint density at radius 3 is 2.43 bits per heavy atom. The number of primary amides is 1. The van der Waals surface area contributed by atoms with E-state index in [0.29, 0.717) is 25.2 Å². The first kappa shape index (κ1) is 25.9. The summed E-state index contributed by atoms with van der Waals surface area (Å²) in [6.07, 6.45) is 0.737. The van der Waals surface area contributed by atoms with Gasteiger partial charge in [-0.05, 0) is 41.9 Å². The number of piperazine rings is 1. The normalized spacial score (nSPS) is 14.3. The Balaban J connectivity index is 1.24. The monoisotopic (exact) mass is 506 g/mol. The highest BCUT2D eigenvalue weighted by atomic mass is 16.6. The van der Waals surface area contributed by atoms with Crippen molar-refractivity contribution in [3.05, 3.63) is 75.8 Å². The van der Waals surface area contributed by atoms with E-state index in [9.17, 15) is 19.7 Å². The van der Waals surface area contributed by atoms with Gasteiger partial charge in [-0.25, -0.2) is 5.01 Å². The number of nitro benzene ring substituents is 1. The Morgan fingerprint density at radius 1 is 1.03 bits per heavy atom. The highest BCUT2D eigenvalue weighted by Gasteiger charge is 2.23. The van der Waals surface area contributed by atoms with Crippen molar-refractivity contribution in [1.82, 2.24) is 15.3 Å². The van der Waals surface area contributed by atoms with Gasteiger partial charge in [-0.3, -0.25) is 25.1 Å². The molecule has 0 aromatic heterocycles. The lowest BCUT2D eigenvalue weighted by molar-refractivity contribution is -0.384. The summed E-state index contributed by atoms with van der Waals surface area (Å²) in [7, 11) is 1.38. The number of methoxy groups -OCH3 is 1. The Kier molecular flexibility index (Phi) is 8.16. The van der Waals surface area contributed by atoms with Crippen molar-refractivity contribution < 1.29 is 19.2 Å². The summed E-state index contributed by atoms with van der Waals surface area (Å²) in [6, 6.07) is 16.2. The topological polar surface area (TPSA) is 143 Å². The molecule has 0 radical (unpaired) electrons. The van der Waals surface area contributed by atoms with Crippen LogP contribution in [0.5, 0.6) is 5.75 Å². The van der Waals surface area contributed by atoms with Gasteiger partial charge in [-0.15, -0.1) is 0 Å². The number of fused-ring (bicyclic) bond motifs is 1. The number of nitrogens with zero attached hydrogens (tertiary/aromatic N) is 3. The second kappa shape index (κ2) is 11.7. The summed E-state index contributed by atoms with van der Waals surface area (Å²) in [5.41, 5.74) is 8.87. The predicted octanol–water partition coefficient (Wildman–Crippen LogP) is 2.62. The maximum atomic E-state index is 12.7. The third kappa shape index (κ3) is 6.32. The van der Waals surface area contributed by atoms with Crippen LogP contribution in [0, 0.1) is 10.1 Å². The smallest absolute Gasteiger partial charge is 0.296 e. The summed E-state index contributed by atoms with van der Waals surface area (Å²) in [4.78, 5) is 37.4. The number of nitro groups is 1. The molecule has 4 rings (SSSR count). The molecule has 1 heterocycles. The number of carbonyl (C=O) groups is 2. The highest BCUT2D eigenvalue weighted by Crippen LogP contribution is 2.35. The van der Waals surface area contributed by atoms with E-state index in [1.807, 2.05) is 47.5 Å². The molecule has 194 valence electrons. The molecule has 0 atom stereocenters. The first-order chi connectivity index (χ1) is 17.9. The molecule has 1 aliphatic heterocycles. The lowest BCUT2D eigenvalue weighted by Gasteiger charge is -2.34. The molecule has 0 spiro atoms. The minimum atomic E-state index is -0.763.